The maximum Gasteiger partial charge on any atom is 0.0611 e. The maximum absolute atomic E-state index is 9.60. The zero-order chi connectivity index (χ0) is 14.4. The number of hydrogen-bond donors (Lipinski definition) is 2. The Hall–Kier alpha value is -0.120. The summed E-state index contributed by atoms with van der Waals surface area (Å²) in [4.78, 5) is 2.59. The minimum absolute atomic E-state index is 0.111. The van der Waals surface area contributed by atoms with Gasteiger partial charge in [-0.3, -0.25) is 0 Å². The molecule has 1 fully saturated rings. The predicted molar refractivity (Wildman–Crippen MR) is 82.5 cm³/mol. The molecular formula is C16H34N2O. The topological polar surface area (TPSA) is 35.5 Å². The molecule has 1 saturated heterocycles. The lowest BCUT2D eigenvalue weighted by atomic mass is 9.82. The van der Waals surface area contributed by atoms with E-state index in [-0.39, 0.29) is 12.1 Å². The van der Waals surface area contributed by atoms with E-state index in [0.717, 1.165) is 25.9 Å². The van der Waals surface area contributed by atoms with Gasteiger partial charge in [0.05, 0.1) is 6.61 Å². The van der Waals surface area contributed by atoms with E-state index in [1.807, 2.05) is 0 Å². The third kappa shape index (κ3) is 4.73. The molecule has 3 heteroatoms. The zero-order valence-electron chi connectivity index (χ0n) is 13.5. The van der Waals surface area contributed by atoms with Crippen molar-refractivity contribution in [1.29, 1.82) is 0 Å². The first-order valence-electron chi connectivity index (χ1n) is 8.11. The molecule has 0 aliphatic carbocycles. The van der Waals surface area contributed by atoms with Crippen molar-refractivity contribution >= 4 is 0 Å². The Morgan fingerprint density at radius 2 is 1.95 bits per heavy atom. The van der Waals surface area contributed by atoms with Crippen molar-refractivity contribution < 1.29 is 5.11 Å². The second-order valence-electron chi connectivity index (χ2n) is 6.63. The Morgan fingerprint density at radius 3 is 2.42 bits per heavy atom. The molecule has 1 aliphatic rings. The van der Waals surface area contributed by atoms with E-state index >= 15 is 0 Å². The van der Waals surface area contributed by atoms with Crippen LogP contribution < -0.4 is 5.32 Å². The number of nitrogens with zero attached hydrogens (tertiary/aromatic N) is 1. The third-order valence-electron chi connectivity index (χ3n) is 5.15. The van der Waals surface area contributed by atoms with Crippen LogP contribution in [0, 0.1) is 5.41 Å². The Labute approximate surface area is 119 Å². The Morgan fingerprint density at radius 1 is 1.26 bits per heavy atom. The van der Waals surface area contributed by atoms with Crippen LogP contribution in [0.4, 0.5) is 0 Å². The van der Waals surface area contributed by atoms with E-state index in [1.165, 1.54) is 32.4 Å². The molecule has 2 N–H and O–H groups in total. The van der Waals surface area contributed by atoms with Gasteiger partial charge in [-0.1, -0.05) is 20.8 Å². The number of rotatable bonds is 9. The van der Waals surface area contributed by atoms with Crippen molar-refractivity contribution in [1.82, 2.24) is 10.2 Å². The van der Waals surface area contributed by atoms with E-state index in [2.05, 4.69) is 37.9 Å². The Balaban J connectivity index is 2.40. The zero-order valence-corrected chi connectivity index (χ0v) is 13.5. The lowest BCUT2D eigenvalue weighted by molar-refractivity contribution is 0.146. The average Bonchev–Trinajstić information content (AvgIpc) is 2.87. The smallest absolute Gasteiger partial charge is 0.0611 e. The van der Waals surface area contributed by atoms with Gasteiger partial charge >= 0.3 is 0 Å². The molecule has 114 valence electrons. The molecule has 3 nitrogen and oxygen atoms in total. The number of hydrogen-bond acceptors (Lipinski definition) is 3. The molecule has 0 amide bonds. The summed E-state index contributed by atoms with van der Waals surface area (Å²) >= 11 is 0. The van der Waals surface area contributed by atoms with Gasteiger partial charge in [-0.2, -0.15) is 0 Å². The summed E-state index contributed by atoms with van der Waals surface area (Å²) < 4.78 is 0. The first kappa shape index (κ1) is 16.9. The fourth-order valence-electron chi connectivity index (χ4n) is 3.10. The normalized spacial score (nSPS) is 22.6. The largest absolute Gasteiger partial charge is 0.394 e. The molecule has 0 saturated carbocycles. The summed E-state index contributed by atoms with van der Waals surface area (Å²) in [6.45, 7) is 13.8. The van der Waals surface area contributed by atoms with E-state index < -0.39 is 0 Å². The molecule has 0 aromatic rings. The second-order valence-corrected chi connectivity index (χ2v) is 6.63. The number of aliphatic hydroxyl groups is 1. The quantitative estimate of drug-likeness (QED) is 0.676. The van der Waals surface area contributed by atoms with E-state index in [4.69, 9.17) is 0 Å². The standard InChI is InChI=1S/C16H34N2O/c1-5-10-17-15(4,14-19)8-11-18-12-9-16(6-2,7-3)13-18/h17,19H,5-14H2,1-4H3. The fraction of sp³-hybridized carbons (Fsp3) is 1.00. The predicted octanol–water partition coefficient (Wildman–Crippen LogP) is 2.64. The molecule has 0 aromatic carbocycles. The molecule has 1 rings (SSSR count). The monoisotopic (exact) mass is 270 g/mol. The first-order chi connectivity index (χ1) is 9.03. The molecular weight excluding hydrogens is 236 g/mol. The van der Waals surface area contributed by atoms with Crippen LogP contribution in [0.25, 0.3) is 0 Å². The lowest BCUT2D eigenvalue weighted by Crippen LogP contribution is -2.48. The first-order valence-corrected chi connectivity index (χ1v) is 8.11. The molecule has 1 unspecified atom stereocenters. The summed E-state index contributed by atoms with van der Waals surface area (Å²) in [6, 6.07) is 0. The van der Waals surface area contributed by atoms with Gasteiger partial charge in [0.25, 0.3) is 0 Å². The van der Waals surface area contributed by atoms with Crippen LogP contribution in [0.5, 0.6) is 0 Å². The second kappa shape index (κ2) is 7.61. The van der Waals surface area contributed by atoms with Crippen molar-refractivity contribution in [2.24, 2.45) is 5.41 Å². The summed E-state index contributed by atoms with van der Waals surface area (Å²) in [6.07, 6.45) is 6.09. The Kier molecular flexibility index (Phi) is 6.78. The molecule has 19 heavy (non-hydrogen) atoms. The molecule has 0 radical (unpaired) electrons. The van der Waals surface area contributed by atoms with Gasteiger partial charge in [0.1, 0.15) is 0 Å². The van der Waals surface area contributed by atoms with Gasteiger partial charge < -0.3 is 15.3 Å². The number of aliphatic hydroxyl groups excluding tert-OH is 1. The van der Waals surface area contributed by atoms with E-state index in [9.17, 15) is 5.11 Å². The maximum atomic E-state index is 9.60. The van der Waals surface area contributed by atoms with Gasteiger partial charge in [-0.15, -0.1) is 0 Å². The number of nitrogens with one attached hydrogen (secondary N) is 1. The summed E-state index contributed by atoms with van der Waals surface area (Å²) in [5.41, 5.74) is 0.451. The van der Waals surface area contributed by atoms with Gasteiger partial charge in [-0.05, 0) is 64.1 Å². The van der Waals surface area contributed by atoms with Gasteiger partial charge in [-0.25, -0.2) is 0 Å². The highest BCUT2D eigenvalue weighted by atomic mass is 16.3. The van der Waals surface area contributed by atoms with Crippen molar-refractivity contribution in [2.75, 3.05) is 32.8 Å². The summed E-state index contributed by atoms with van der Waals surface area (Å²) in [5, 5.41) is 13.1. The highest BCUT2D eigenvalue weighted by molar-refractivity contribution is 4.90. The van der Waals surface area contributed by atoms with Crippen LogP contribution >= 0.6 is 0 Å². The van der Waals surface area contributed by atoms with Crippen molar-refractivity contribution in [3.05, 3.63) is 0 Å². The van der Waals surface area contributed by atoms with Crippen molar-refractivity contribution in [3.8, 4) is 0 Å². The molecule has 1 heterocycles. The lowest BCUT2D eigenvalue weighted by Gasteiger charge is -2.32. The number of likely N-dealkylation sites (tertiary alicyclic amines) is 1. The van der Waals surface area contributed by atoms with Crippen molar-refractivity contribution in [2.45, 2.75) is 65.3 Å². The van der Waals surface area contributed by atoms with E-state index in [1.54, 1.807) is 0 Å². The van der Waals surface area contributed by atoms with Crippen LogP contribution in [0.2, 0.25) is 0 Å². The molecule has 1 atom stereocenters. The molecule has 0 bridgehead atoms. The fourth-order valence-corrected chi connectivity index (χ4v) is 3.10. The summed E-state index contributed by atoms with van der Waals surface area (Å²) in [5.74, 6) is 0. The highest BCUT2D eigenvalue weighted by Gasteiger charge is 2.35. The Bertz CT molecular complexity index is 253. The molecule has 0 spiro atoms. The van der Waals surface area contributed by atoms with Crippen LogP contribution in [0.15, 0.2) is 0 Å². The minimum Gasteiger partial charge on any atom is -0.394 e. The average molecular weight is 270 g/mol. The third-order valence-corrected chi connectivity index (χ3v) is 5.15. The molecule has 1 aliphatic heterocycles. The highest BCUT2D eigenvalue weighted by Crippen LogP contribution is 2.37. The molecule has 0 aromatic heterocycles. The van der Waals surface area contributed by atoms with Crippen molar-refractivity contribution in [3.63, 3.8) is 0 Å². The minimum atomic E-state index is -0.111. The van der Waals surface area contributed by atoms with Gasteiger partial charge in [0.15, 0.2) is 0 Å². The van der Waals surface area contributed by atoms with Gasteiger partial charge in [0.2, 0.25) is 0 Å². The van der Waals surface area contributed by atoms with Crippen LogP contribution in [-0.4, -0.2) is 48.3 Å². The van der Waals surface area contributed by atoms with Crippen LogP contribution in [0.3, 0.4) is 0 Å². The SMILES string of the molecule is CCCNC(C)(CO)CCN1CCC(CC)(CC)C1. The van der Waals surface area contributed by atoms with E-state index in [0.29, 0.717) is 5.41 Å². The van der Waals surface area contributed by atoms with Crippen LogP contribution in [-0.2, 0) is 0 Å². The summed E-state index contributed by atoms with van der Waals surface area (Å²) in [7, 11) is 0. The van der Waals surface area contributed by atoms with Crippen LogP contribution in [0.1, 0.15) is 59.8 Å². The van der Waals surface area contributed by atoms with Gasteiger partial charge in [0, 0.05) is 12.1 Å².